The highest BCUT2D eigenvalue weighted by atomic mass is 35.5. The number of hydrogen-bond donors (Lipinski definition) is 3. The Hall–Kier alpha value is -3.35. The summed E-state index contributed by atoms with van der Waals surface area (Å²) in [6, 6.07) is 8.86. The molecule has 2 unspecified atom stereocenters. The zero-order valence-corrected chi connectivity index (χ0v) is 23.3. The third-order valence-corrected chi connectivity index (χ3v) is 9.22. The van der Waals surface area contributed by atoms with E-state index in [-0.39, 0.29) is 27.8 Å². The maximum atomic E-state index is 15.3. The van der Waals surface area contributed by atoms with Gasteiger partial charge in [0.05, 0.1) is 27.7 Å². The molecule has 212 valence electrons. The van der Waals surface area contributed by atoms with E-state index in [1.807, 2.05) is 6.92 Å². The van der Waals surface area contributed by atoms with Crippen LogP contribution in [0.2, 0.25) is 5.02 Å². The van der Waals surface area contributed by atoms with Crippen molar-refractivity contribution >= 4 is 44.0 Å². The number of rotatable bonds is 7. The first kappa shape index (κ1) is 28.2. The van der Waals surface area contributed by atoms with Crippen LogP contribution >= 0.6 is 11.6 Å². The Labute approximate surface area is 234 Å². The summed E-state index contributed by atoms with van der Waals surface area (Å²) in [6.45, 7) is 2.27. The molecule has 4 aromatic rings. The summed E-state index contributed by atoms with van der Waals surface area (Å²) in [6.07, 6.45) is 2.01. The number of nitrogens with one attached hydrogen (secondary N) is 2. The quantitative estimate of drug-likeness (QED) is 0.250. The van der Waals surface area contributed by atoms with Crippen LogP contribution in [0.1, 0.15) is 37.7 Å². The zero-order chi connectivity index (χ0) is 28.8. The highest BCUT2D eigenvalue weighted by molar-refractivity contribution is 7.92. The largest absolute Gasteiger partial charge is 0.383 e. The second-order valence-corrected chi connectivity index (χ2v) is 11.9. The number of anilines is 2. The number of nitrogens with two attached hydrogens (primary N) is 1. The normalized spacial score (nSPS) is 19.1. The number of alkyl halides is 2. The van der Waals surface area contributed by atoms with Gasteiger partial charge in [0.25, 0.3) is 15.9 Å². The first-order valence-corrected chi connectivity index (χ1v) is 14.6. The predicted octanol–water partition coefficient (Wildman–Crippen LogP) is 5.78. The van der Waals surface area contributed by atoms with Gasteiger partial charge in [0.2, 0.25) is 0 Å². The number of aryl methyl sites for hydroxylation is 1. The lowest BCUT2D eigenvalue weighted by molar-refractivity contribution is -0.0677. The number of halogens is 4. The Kier molecular flexibility index (Phi) is 7.45. The van der Waals surface area contributed by atoms with Gasteiger partial charge in [-0.25, -0.2) is 26.6 Å². The van der Waals surface area contributed by atoms with Crippen molar-refractivity contribution in [3.05, 3.63) is 65.1 Å². The van der Waals surface area contributed by atoms with Gasteiger partial charge in [0.15, 0.2) is 0 Å². The van der Waals surface area contributed by atoms with E-state index in [9.17, 15) is 17.2 Å². The van der Waals surface area contributed by atoms with Gasteiger partial charge in [-0.1, -0.05) is 29.8 Å². The second-order valence-electron chi connectivity index (χ2n) is 9.80. The minimum Gasteiger partial charge on any atom is -0.383 e. The first-order chi connectivity index (χ1) is 19.0. The molecule has 2 aromatic carbocycles. The van der Waals surface area contributed by atoms with Crippen molar-refractivity contribution < 1.29 is 21.6 Å². The number of sulfonamides is 1. The van der Waals surface area contributed by atoms with Crippen LogP contribution in [0, 0.1) is 5.82 Å². The topological polar surface area (TPSA) is 115 Å². The number of hydrogen-bond acceptors (Lipinski definition) is 6. The minimum atomic E-state index is -4.16. The smallest absolute Gasteiger partial charge is 0.263 e. The van der Waals surface area contributed by atoms with Crippen LogP contribution in [-0.4, -0.2) is 42.2 Å². The number of pyridine rings is 1. The third kappa shape index (κ3) is 4.99. The van der Waals surface area contributed by atoms with Crippen LogP contribution in [0.15, 0.2) is 53.6 Å². The van der Waals surface area contributed by atoms with Crippen LogP contribution in [-0.2, 0) is 16.6 Å². The standard InChI is InChI=1S/C27H28ClF3N6O2S/c1-3-37-25-17(16-9-11-22(33-2)27(30,31)13-16)14-34-26(32)23(25)24(35-37)15-8-10-20(19(29)12-15)36-40(38,39)21-7-5-4-6-18(21)28/h4-8,10,12,14,16,22,33,36H,3,9,11,13H2,1-2H3,(H2,32,34). The van der Waals surface area contributed by atoms with Crippen molar-refractivity contribution in [2.75, 3.05) is 17.5 Å². The molecular formula is C27H28ClF3N6O2S. The molecule has 1 fully saturated rings. The van der Waals surface area contributed by atoms with E-state index in [2.05, 4.69) is 20.1 Å². The van der Waals surface area contributed by atoms with Crippen molar-refractivity contribution in [2.45, 2.75) is 55.5 Å². The Bertz CT molecular complexity index is 1700. The number of benzene rings is 2. The average Bonchev–Trinajstić information content (AvgIpc) is 3.30. The molecule has 0 spiro atoms. The lowest BCUT2D eigenvalue weighted by atomic mass is 9.79. The predicted molar refractivity (Wildman–Crippen MR) is 150 cm³/mol. The van der Waals surface area contributed by atoms with E-state index >= 15 is 4.39 Å². The highest BCUT2D eigenvalue weighted by Gasteiger charge is 2.45. The van der Waals surface area contributed by atoms with Gasteiger partial charge in [-0.2, -0.15) is 5.10 Å². The lowest BCUT2D eigenvalue weighted by Gasteiger charge is -2.36. The van der Waals surface area contributed by atoms with E-state index in [0.717, 1.165) is 6.07 Å². The van der Waals surface area contributed by atoms with Gasteiger partial charge in [0.1, 0.15) is 22.2 Å². The number of aromatic nitrogens is 3. The highest BCUT2D eigenvalue weighted by Crippen LogP contribution is 2.45. The van der Waals surface area contributed by atoms with Crippen LogP contribution in [0.3, 0.4) is 0 Å². The summed E-state index contributed by atoms with van der Waals surface area (Å²) in [7, 11) is -2.62. The van der Waals surface area contributed by atoms with E-state index in [4.69, 9.17) is 17.3 Å². The van der Waals surface area contributed by atoms with Gasteiger partial charge in [-0.3, -0.25) is 9.40 Å². The Balaban J connectivity index is 1.55. The molecule has 5 rings (SSSR count). The monoisotopic (exact) mass is 592 g/mol. The maximum absolute atomic E-state index is 15.3. The van der Waals surface area contributed by atoms with E-state index in [0.29, 0.717) is 47.1 Å². The molecule has 0 radical (unpaired) electrons. The third-order valence-electron chi connectivity index (χ3n) is 7.36. The van der Waals surface area contributed by atoms with Gasteiger partial charge in [0, 0.05) is 24.7 Å². The molecular weight excluding hydrogens is 565 g/mol. The molecule has 8 nitrogen and oxygen atoms in total. The molecule has 1 aliphatic carbocycles. The molecule has 0 saturated heterocycles. The SMILES string of the molecule is CCn1nc(-c2ccc(NS(=O)(=O)c3ccccc3Cl)c(F)c2)c2c(N)ncc(C3CCC(NC)C(F)(F)C3)c21. The van der Waals surface area contributed by atoms with Crippen LogP contribution in [0.5, 0.6) is 0 Å². The van der Waals surface area contributed by atoms with Crippen LogP contribution in [0.25, 0.3) is 22.2 Å². The van der Waals surface area contributed by atoms with Gasteiger partial charge in [-0.05, 0) is 62.6 Å². The van der Waals surface area contributed by atoms with Crippen molar-refractivity contribution in [3.8, 4) is 11.3 Å². The molecule has 1 saturated carbocycles. The van der Waals surface area contributed by atoms with E-state index in [1.54, 1.807) is 10.7 Å². The second kappa shape index (κ2) is 10.6. The molecule has 1 aliphatic rings. The van der Waals surface area contributed by atoms with E-state index in [1.165, 1.54) is 43.6 Å². The molecule has 4 N–H and O–H groups in total. The van der Waals surface area contributed by atoms with Crippen molar-refractivity contribution in [1.82, 2.24) is 20.1 Å². The van der Waals surface area contributed by atoms with Crippen LogP contribution < -0.4 is 15.8 Å². The number of nitrogens with zero attached hydrogens (tertiary/aromatic N) is 3. The maximum Gasteiger partial charge on any atom is 0.263 e. The fraction of sp³-hybridized carbons (Fsp3) is 0.333. The van der Waals surface area contributed by atoms with Crippen LogP contribution in [0.4, 0.5) is 24.7 Å². The molecule has 2 atom stereocenters. The molecule has 2 heterocycles. The number of nitrogen functional groups attached to an aromatic ring is 1. The molecule has 0 aliphatic heterocycles. The van der Waals surface area contributed by atoms with E-state index < -0.39 is 33.7 Å². The van der Waals surface area contributed by atoms with Crippen molar-refractivity contribution in [3.63, 3.8) is 0 Å². The average molecular weight is 593 g/mol. The van der Waals surface area contributed by atoms with Gasteiger partial charge >= 0.3 is 0 Å². The number of fused-ring (bicyclic) bond motifs is 1. The zero-order valence-electron chi connectivity index (χ0n) is 21.8. The van der Waals surface area contributed by atoms with Gasteiger partial charge < -0.3 is 11.1 Å². The summed E-state index contributed by atoms with van der Waals surface area (Å²) in [5, 5.41) is 7.78. The summed E-state index contributed by atoms with van der Waals surface area (Å²) in [5.41, 5.74) is 7.83. The molecule has 0 amide bonds. The van der Waals surface area contributed by atoms with Gasteiger partial charge in [-0.15, -0.1) is 0 Å². The summed E-state index contributed by atoms with van der Waals surface area (Å²) in [4.78, 5) is 4.11. The fourth-order valence-electron chi connectivity index (χ4n) is 5.37. The summed E-state index contributed by atoms with van der Waals surface area (Å²) in [5.74, 6) is -4.09. The first-order valence-electron chi connectivity index (χ1n) is 12.7. The minimum absolute atomic E-state index is 0.000380. The van der Waals surface area contributed by atoms with Crippen molar-refractivity contribution in [2.24, 2.45) is 0 Å². The lowest BCUT2D eigenvalue weighted by Crippen LogP contribution is -2.47. The molecule has 0 bridgehead atoms. The molecule has 2 aromatic heterocycles. The molecule has 13 heteroatoms. The molecule has 40 heavy (non-hydrogen) atoms. The summed E-state index contributed by atoms with van der Waals surface area (Å²) >= 11 is 6.02. The Morgan fingerprint density at radius 1 is 1.20 bits per heavy atom. The Morgan fingerprint density at radius 2 is 1.95 bits per heavy atom. The van der Waals surface area contributed by atoms with Crippen molar-refractivity contribution in [1.29, 1.82) is 0 Å². The fourth-order valence-corrected chi connectivity index (χ4v) is 6.96. The Morgan fingerprint density at radius 3 is 2.60 bits per heavy atom. The summed E-state index contributed by atoms with van der Waals surface area (Å²) < 4.78 is 74.4.